The molecule has 2 heteroatoms. The van der Waals surface area contributed by atoms with Crippen molar-refractivity contribution >= 4 is 0 Å². The molecule has 0 amide bonds. The van der Waals surface area contributed by atoms with E-state index in [0.29, 0.717) is 13.1 Å². The fraction of sp³-hybridized carbons (Fsp3) is 0.778. The largest absolute Gasteiger partial charge is 0.306 e. The van der Waals surface area contributed by atoms with Crippen LogP contribution in [0.3, 0.4) is 0 Å². The van der Waals surface area contributed by atoms with Crippen LogP contribution in [0.2, 0.25) is 0 Å². The average molecular weight is 276 g/mol. The molecule has 0 aliphatic carbocycles. The van der Waals surface area contributed by atoms with E-state index in [1.165, 1.54) is 64.2 Å². The van der Waals surface area contributed by atoms with Crippen LogP contribution in [0.15, 0.2) is 0 Å². The minimum absolute atomic E-state index is 0.707. The molecule has 0 atom stereocenters. The van der Waals surface area contributed by atoms with Gasteiger partial charge in [-0.3, -0.25) is 0 Å². The van der Waals surface area contributed by atoms with Crippen molar-refractivity contribution in [3.8, 4) is 24.7 Å². The molecule has 114 valence electrons. The molecule has 0 radical (unpaired) electrons. The topological polar surface area (TPSA) is 24.1 Å². The van der Waals surface area contributed by atoms with E-state index in [1.807, 2.05) is 0 Å². The van der Waals surface area contributed by atoms with Gasteiger partial charge in [0.2, 0.25) is 0 Å². The first-order valence-electron chi connectivity index (χ1n) is 8.20. The predicted octanol–water partition coefficient (Wildman–Crippen LogP) is 3.33. The first-order chi connectivity index (χ1) is 9.91. The van der Waals surface area contributed by atoms with Gasteiger partial charge < -0.3 is 10.6 Å². The monoisotopic (exact) mass is 276 g/mol. The van der Waals surface area contributed by atoms with Gasteiger partial charge in [-0.25, -0.2) is 0 Å². The van der Waals surface area contributed by atoms with Crippen molar-refractivity contribution in [2.24, 2.45) is 0 Å². The fourth-order valence-corrected chi connectivity index (χ4v) is 2.24. The molecule has 2 N–H and O–H groups in total. The van der Waals surface area contributed by atoms with Gasteiger partial charge in [-0.05, 0) is 25.9 Å². The standard InChI is InChI=1S/C18H32N2/c1-3-15-19-17-13-11-9-7-5-6-8-10-12-14-18-20-16-4-2/h1-2,19-20H,5-18H2. The van der Waals surface area contributed by atoms with Gasteiger partial charge in [0.05, 0.1) is 13.1 Å². The molecular weight excluding hydrogens is 244 g/mol. The van der Waals surface area contributed by atoms with Gasteiger partial charge in [0.25, 0.3) is 0 Å². The molecule has 0 bridgehead atoms. The zero-order chi connectivity index (χ0) is 14.7. The summed E-state index contributed by atoms with van der Waals surface area (Å²) in [5, 5.41) is 6.45. The highest BCUT2D eigenvalue weighted by atomic mass is 14.8. The molecule has 0 saturated carbocycles. The van der Waals surface area contributed by atoms with Gasteiger partial charge in [-0.1, -0.05) is 63.2 Å². The first-order valence-corrected chi connectivity index (χ1v) is 8.20. The third-order valence-electron chi connectivity index (χ3n) is 3.41. The summed E-state index contributed by atoms with van der Waals surface area (Å²) in [7, 11) is 0. The van der Waals surface area contributed by atoms with Crippen LogP contribution in [0, 0.1) is 24.7 Å². The number of hydrogen-bond donors (Lipinski definition) is 2. The summed E-state index contributed by atoms with van der Waals surface area (Å²) in [6.45, 7) is 3.55. The Morgan fingerprint density at radius 1 is 0.500 bits per heavy atom. The van der Waals surface area contributed by atoms with E-state index in [9.17, 15) is 0 Å². The van der Waals surface area contributed by atoms with Crippen LogP contribution in [-0.2, 0) is 0 Å². The maximum Gasteiger partial charge on any atom is 0.0573 e. The highest BCUT2D eigenvalue weighted by Crippen LogP contribution is 2.10. The fourth-order valence-electron chi connectivity index (χ4n) is 2.24. The summed E-state index contributed by atoms with van der Waals surface area (Å²) in [4.78, 5) is 0. The van der Waals surface area contributed by atoms with Gasteiger partial charge in [-0.15, -0.1) is 12.8 Å². The molecule has 0 fully saturated rings. The van der Waals surface area contributed by atoms with Crippen LogP contribution >= 0.6 is 0 Å². The summed E-state index contributed by atoms with van der Waals surface area (Å²) in [5.41, 5.74) is 0. The number of unbranched alkanes of at least 4 members (excludes halogenated alkanes) is 9. The molecule has 0 aromatic heterocycles. The molecule has 0 aliphatic heterocycles. The number of terminal acetylenes is 2. The quantitative estimate of drug-likeness (QED) is 0.354. The Balaban J connectivity index is 2.93. The smallest absolute Gasteiger partial charge is 0.0573 e. The lowest BCUT2D eigenvalue weighted by molar-refractivity contribution is 0.540. The molecule has 0 rings (SSSR count). The predicted molar refractivity (Wildman–Crippen MR) is 89.6 cm³/mol. The maximum absolute atomic E-state index is 5.17. The lowest BCUT2D eigenvalue weighted by Crippen LogP contribution is -2.14. The SMILES string of the molecule is C#CCNCCCCCCCCCCCCNCC#C. The van der Waals surface area contributed by atoms with Crippen molar-refractivity contribution in [3.63, 3.8) is 0 Å². The van der Waals surface area contributed by atoms with E-state index >= 15 is 0 Å². The summed E-state index contributed by atoms with van der Waals surface area (Å²) in [6.07, 6.45) is 23.8. The normalized spacial score (nSPS) is 10.1. The summed E-state index contributed by atoms with van der Waals surface area (Å²) < 4.78 is 0. The second-order valence-electron chi connectivity index (χ2n) is 5.30. The number of rotatable bonds is 15. The first kappa shape index (κ1) is 19.0. The summed E-state index contributed by atoms with van der Waals surface area (Å²) >= 11 is 0. The van der Waals surface area contributed by atoms with Gasteiger partial charge in [0, 0.05) is 0 Å². The molecule has 0 heterocycles. The second kappa shape index (κ2) is 18.0. The van der Waals surface area contributed by atoms with E-state index in [4.69, 9.17) is 12.8 Å². The Kier molecular flexibility index (Phi) is 17.2. The van der Waals surface area contributed by atoms with Crippen LogP contribution in [0.1, 0.15) is 64.2 Å². The van der Waals surface area contributed by atoms with Crippen LogP contribution in [0.25, 0.3) is 0 Å². The Morgan fingerprint density at radius 3 is 1.10 bits per heavy atom. The molecule has 0 saturated heterocycles. The van der Waals surface area contributed by atoms with Gasteiger partial charge >= 0.3 is 0 Å². The highest BCUT2D eigenvalue weighted by molar-refractivity contribution is 4.86. The van der Waals surface area contributed by atoms with E-state index < -0.39 is 0 Å². The minimum Gasteiger partial charge on any atom is -0.306 e. The van der Waals surface area contributed by atoms with E-state index in [-0.39, 0.29) is 0 Å². The lowest BCUT2D eigenvalue weighted by atomic mass is 10.1. The molecule has 0 aromatic rings. The number of nitrogens with one attached hydrogen (secondary N) is 2. The zero-order valence-corrected chi connectivity index (χ0v) is 13.1. The molecule has 2 nitrogen and oxygen atoms in total. The highest BCUT2D eigenvalue weighted by Gasteiger charge is 1.93. The van der Waals surface area contributed by atoms with Crippen molar-refractivity contribution in [2.45, 2.75) is 64.2 Å². The minimum atomic E-state index is 0.707. The van der Waals surface area contributed by atoms with Crippen molar-refractivity contribution in [3.05, 3.63) is 0 Å². The Morgan fingerprint density at radius 2 is 0.800 bits per heavy atom. The zero-order valence-electron chi connectivity index (χ0n) is 13.1. The Bertz CT molecular complexity index is 232. The Hall–Kier alpha value is -0.960. The van der Waals surface area contributed by atoms with Crippen molar-refractivity contribution in [2.75, 3.05) is 26.2 Å². The second-order valence-corrected chi connectivity index (χ2v) is 5.30. The number of hydrogen-bond acceptors (Lipinski definition) is 2. The van der Waals surface area contributed by atoms with Crippen molar-refractivity contribution in [1.82, 2.24) is 10.6 Å². The van der Waals surface area contributed by atoms with Crippen LogP contribution < -0.4 is 10.6 Å². The molecule has 0 aliphatic rings. The molecule has 20 heavy (non-hydrogen) atoms. The van der Waals surface area contributed by atoms with E-state index in [1.54, 1.807) is 0 Å². The molecule has 0 unspecified atom stereocenters. The molecule has 0 aromatic carbocycles. The summed E-state index contributed by atoms with van der Waals surface area (Å²) in [5.74, 6) is 5.19. The van der Waals surface area contributed by atoms with Crippen LogP contribution in [0.5, 0.6) is 0 Å². The van der Waals surface area contributed by atoms with Crippen LogP contribution in [0.4, 0.5) is 0 Å². The Labute approximate surface area is 126 Å². The summed E-state index contributed by atoms with van der Waals surface area (Å²) in [6, 6.07) is 0. The van der Waals surface area contributed by atoms with Crippen LogP contribution in [-0.4, -0.2) is 26.2 Å². The maximum atomic E-state index is 5.17. The van der Waals surface area contributed by atoms with Gasteiger partial charge in [0.1, 0.15) is 0 Å². The van der Waals surface area contributed by atoms with Crippen molar-refractivity contribution < 1.29 is 0 Å². The van der Waals surface area contributed by atoms with Gasteiger partial charge in [0.15, 0.2) is 0 Å². The van der Waals surface area contributed by atoms with E-state index in [2.05, 4.69) is 22.5 Å². The lowest BCUT2D eigenvalue weighted by Gasteiger charge is -2.03. The third kappa shape index (κ3) is 17.0. The molecule has 0 spiro atoms. The van der Waals surface area contributed by atoms with Gasteiger partial charge in [-0.2, -0.15) is 0 Å². The average Bonchev–Trinajstić information content (AvgIpc) is 2.47. The van der Waals surface area contributed by atoms with E-state index in [0.717, 1.165) is 13.1 Å². The van der Waals surface area contributed by atoms with Crippen molar-refractivity contribution in [1.29, 1.82) is 0 Å². The third-order valence-corrected chi connectivity index (χ3v) is 3.41. The molecular formula is C18H32N2.